The summed E-state index contributed by atoms with van der Waals surface area (Å²) in [6, 6.07) is 8.10. The Hall–Kier alpha value is -1.51. The van der Waals surface area contributed by atoms with Gasteiger partial charge in [0.05, 0.1) is 5.69 Å². The van der Waals surface area contributed by atoms with Gasteiger partial charge in [0.25, 0.3) is 0 Å². The van der Waals surface area contributed by atoms with Crippen LogP contribution in [0, 0.1) is 5.92 Å². The fourth-order valence-corrected chi connectivity index (χ4v) is 2.65. The Morgan fingerprint density at radius 3 is 2.50 bits per heavy atom. The van der Waals surface area contributed by atoms with E-state index >= 15 is 0 Å². The Labute approximate surface area is 121 Å². The van der Waals surface area contributed by atoms with Gasteiger partial charge in [0, 0.05) is 5.54 Å². The molecule has 0 N–H and O–H groups in total. The summed E-state index contributed by atoms with van der Waals surface area (Å²) in [7, 11) is 0. The van der Waals surface area contributed by atoms with Crippen LogP contribution >= 0.6 is 0 Å². The van der Waals surface area contributed by atoms with E-state index in [1.807, 2.05) is 43.9 Å². The molecule has 3 nitrogen and oxygen atoms in total. The summed E-state index contributed by atoms with van der Waals surface area (Å²) in [6.07, 6.45) is 0.726. The predicted molar refractivity (Wildman–Crippen MR) is 82.1 cm³/mol. The van der Waals surface area contributed by atoms with Gasteiger partial charge in [-0.05, 0) is 58.6 Å². The summed E-state index contributed by atoms with van der Waals surface area (Å²) in [5.41, 5.74) is 1.45. The van der Waals surface area contributed by atoms with Crippen molar-refractivity contribution in [2.75, 3.05) is 4.90 Å². The third-order valence-corrected chi connectivity index (χ3v) is 4.12. The van der Waals surface area contributed by atoms with E-state index in [2.05, 4.69) is 26.8 Å². The minimum Gasteiger partial charge on any atom is -0.443 e. The summed E-state index contributed by atoms with van der Waals surface area (Å²) in [5.74, 6) is 0.380. The minimum atomic E-state index is -0.483. The lowest BCUT2D eigenvalue weighted by atomic mass is 9.78. The molecular weight excluding hydrogens is 250 g/mol. The monoisotopic (exact) mass is 275 g/mol. The lowest BCUT2D eigenvalue weighted by Crippen LogP contribution is -2.56. The second kappa shape index (κ2) is 4.80. The van der Waals surface area contributed by atoms with E-state index in [1.165, 1.54) is 5.56 Å². The van der Waals surface area contributed by atoms with E-state index in [4.69, 9.17) is 4.74 Å². The first-order chi connectivity index (χ1) is 9.13. The number of para-hydroxylation sites is 1. The van der Waals surface area contributed by atoms with Crippen LogP contribution < -0.4 is 4.90 Å². The van der Waals surface area contributed by atoms with E-state index in [9.17, 15) is 4.79 Å². The Balaban J connectivity index is 2.45. The van der Waals surface area contributed by atoms with Gasteiger partial charge in [-0.3, -0.25) is 4.90 Å². The van der Waals surface area contributed by atoms with Crippen molar-refractivity contribution in [3.63, 3.8) is 0 Å². The first-order valence-electron chi connectivity index (χ1n) is 7.24. The number of carbonyl (C=O) groups excluding carboxylic acids is 1. The van der Waals surface area contributed by atoms with Crippen molar-refractivity contribution in [1.29, 1.82) is 0 Å². The van der Waals surface area contributed by atoms with Gasteiger partial charge in [0.1, 0.15) is 5.60 Å². The van der Waals surface area contributed by atoms with Gasteiger partial charge in [-0.25, -0.2) is 4.79 Å². The SMILES string of the molecule is CC1Cc2ccccc2N(C(=O)OC(C)(C)C)C1(C)C. The molecule has 2 rings (SSSR count). The summed E-state index contributed by atoms with van der Waals surface area (Å²) in [4.78, 5) is 14.5. The number of rotatable bonds is 0. The first-order valence-corrected chi connectivity index (χ1v) is 7.24. The largest absolute Gasteiger partial charge is 0.443 e. The molecule has 3 heteroatoms. The third kappa shape index (κ3) is 2.67. The normalized spacial score (nSPS) is 21.3. The van der Waals surface area contributed by atoms with E-state index in [0.29, 0.717) is 5.92 Å². The highest BCUT2D eigenvalue weighted by atomic mass is 16.6. The van der Waals surface area contributed by atoms with Gasteiger partial charge in [0.15, 0.2) is 0 Å². The van der Waals surface area contributed by atoms with Crippen molar-refractivity contribution >= 4 is 11.8 Å². The smallest absolute Gasteiger partial charge is 0.415 e. The summed E-state index contributed by atoms with van der Waals surface area (Å²) >= 11 is 0. The van der Waals surface area contributed by atoms with Gasteiger partial charge < -0.3 is 4.74 Å². The first kappa shape index (κ1) is 14.9. The second-order valence-corrected chi connectivity index (χ2v) is 7.20. The number of fused-ring (bicyclic) bond motifs is 1. The lowest BCUT2D eigenvalue weighted by Gasteiger charge is -2.47. The van der Waals surface area contributed by atoms with Crippen LogP contribution in [0.5, 0.6) is 0 Å². The molecule has 1 aromatic carbocycles. The van der Waals surface area contributed by atoms with Gasteiger partial charge >= 0.3 is 6.09 Å². The Morgan fingerprint density at radius 2 is 1.90 bits per heavy atom. The molecule has 0 bridgehead atoms. The molecule has 1 aliphatic heterocycles. The Bertz CT molecular complexity index is 514. The predicted octanol–water partition coefficient (Wildman–Crippen LogP) is 4.40. The molecule has 0 aromatic heterocycles. The molecule has 1 aliphatic rings. The number of benzene rings is 1. The maximum atomic E-state index is 12.6. The molecule has 1 heterocycles. The number of amides is 1. The van der Waals surface area contributed by atoms with Gasteiger partial charge in [0.2, 0.25) is 0 Å². The second-order valence-electron chi connectivity index (χ2n) is 7.20. The van der Waals surface area contributed by atoms with Crippen molar-refractivity contribution in [3.05, 3.63) is 29.8 Å². The molecular formula is C17H25NO2. The summed E-state index contributed by atoms with van der Waals surface area (Å²) in [6.45, 7) is 12.1. The highest BCUT2D eigenvalue weighted by Crippen LogP contribution is 2.40. The molecule has 0 saturated carbocycles. The average Bonchev–Trinajstić information content (AvgIpc) is 2.27. The van der Waals surface area contributed by atoms with Crippen LogP contribution in [0.2, 0.25) is 0 Å². The molecule has 1 amide bonds. The van der Waals surface area contributed by atoms with Crippen LogP contribution in [0.15, 0.2) is 24.3 Å². The van der Waals surface area contributed by atoms with Crippen molar-refractivity contribution in [2.45, 2.75) is 59.1 Å². The highest BCUT2D eigenvalue weighted by Gasteiger charge is 2.43. The number of anilines is 1. The number of ether oxygens (including phenoxy) is 1. The van der Waals surface area contributed by atoms with E-state index < -0.39 is 5.60 Å². The fraction of sp³-hybridized carbons (Fsp3) is 0.588. The Kier molecular flexibility index (Phi) is 3.57. The molecule has 1 unspecified atom stereocenters. The van der Waals surface area contributed by atoms with Crippen LogP contribution in [0.3, 0.4) is 0 Å². The number of nitrogens with zero attached hydrogens (tertiary/aromatic N) is 1. The number of carbonyl (C=O) groups is 1. The highest BCUT2D eigenvalue weighted by molar-refractivity contribution is 5.91. The van der Waals surface area contributed by atoms with E-state index in [-0.39, 0.29) is 11.6 Å². The number of hydrogen-bond acceptors (Lipinski definition) is 2. The zero-order chi connectivity index (χ0) is 15.1. The van der Waals surface area contributed by atoms with Gasteiger partial charge in [-0.15, -0.1) is 0 Å². The molecule has 1 atom stereocenters. The van der Waals surface area contributed by atoms with Crippen molar-refractivity contribution in [1.82, 2.24) is 0 Å². The molecule has 20 heavy (non-hydrogen) atoms. The minimum absolute atomic E-state index is 0.253. The average molecular weight is 275 g/mol. The lowest BCUT2D eigenvalue weighted by molar-refractivity contribution is 0.0518. The van der Waals surface area contributed by atoms with Gasteiger partial charge in [-0.1, -0.05) is 25.1 Å². The van der Waals surface area contributed by atoms with E-state index in [0.717, 1.165) is 12.1 Å². The zero-order valence-electron chi connectivity index (χ0n) is 13.4. The van der Waals surface area contributed by atoms with Crippen LogP contribution in [0.25, 0.3) is 0 Å². The van der Waals surface area contributed by atoms with Crippen LogP contribution in [0.1, 0.15) is 47.1 Å². The molecule has 0 saturated heterocycles. The van der Waals surface area contributed by atoms with Crippen LogP contribution in [-0.4, -0.2) is 17.2 Å². The Morgan fingerprint density at radius 1 is 1.30 bits per heavy atom. The quantitative estimate of drug-likeness (QED) is 0.702. The van der Waals surface area contributed by atoms with Crippen LogP contribution in [0.4, 0.5) is 10.5 Å². The molecule has 1 aromatic rings. The topological polar surface area (TPSA) is 29.5 Å². The molecule has 0 spiro atoms. The summed E-state index contributed by atoms with van der Waals surface area (Å²) in [5, 5.41) is 0. The third-order valence-electron chi connectivity index (χ3n) is 4.12. The maximum absolute atomic E-state index is 12.6. The van der Waals surface area contributed by atoms with E-state index in [1.54, 1.807) is 0 Å². The molecule has 0 radical (unpaired) electrons. The number of hydrogen-bond donors (Lipinski definition) is 0. The van der Waals surface area contributed by atoms with Crippen LogP contribution in [-0.2, 0) is 11.2 Å². The van der Waals surface area contributed by atoms with Gasteiger partial charge in [-0.2, -0.15) is 0 Å². The molecule has 110 valence electrons. The summed E-state index contributed by atoms with van der Waals surface area (Å²) < 4.78 is 5.60. The van der Waals surface area contributed by atoms with Crippen molar-refractivity contribution in [2.24, 2.45) is 5.92 Å². The van der Waals surface area contributed by atoms with Crippen molar-refractivity contribution in [3.8, 4) is 0 Å². The fourth-order valence-electron chi connectivity index (χ4n) is 2.65. The molecule has 0 aliphatic carbocycles. The maximum Gasteiger partial charge on any atom is 0.415 e. The zero-order valence-corrected chi connectivity index (χ0v) is 13.4. The molecule has 0 fully saturated rings. The van der Waals surface area contributed by atoms with Crippen molar-refractivity contribution < 1.29 is 9.53 Å². The standard InChI is InChI=1S/C17H25NO2/c1-12-11-13-9-7-8-10-14(13)18(17(12,5)6)15(19)20-16(2,3)4/h7-10,12H,11H2,1-6H3.